The molecule has 0 unspecified atom stereocenters. The van der Waals surface area contributed by atoms with Crippen molar-refractivity contribution in [3.63, 3.8) is 0 Å². The van der Waals surface area contributed by atoms with Gasteiger partial charge in [-0.2, -0.15) is 4.31 Å². The molecule has 0 N–H and O–H groups in total. The van der Waals surface area contributed by atoms with Crippen molar-refractivity contribution in [3.05, 3.63) is 82.1 Å². The first-order valence-corrected chi connectivity index (χ1v) is 14.4. The summed E-state index contributed by atoms with van der Waals surface area (Å²) in [6, 6.07) is 10.0. The molecule has 8 nitrogen and oxygen atoms in total. The molecule has 3 aromatic rings. The molecule has 0 atom stereocenters. The number of carbonyl (C=O) groups is 1. The number of furan rings is 1. The monoisotopic (exact) mass is 557 g/mol. The van der Waals surface area contributed by atoms with E-state index in [0.717, 1.165) is 25.9 Å². The molecule has 1 aromatic heterocycles. The number of methoxy groups -OCH3 is 1. The predicted molar refractivity (Wildman–Crippen MR) is 147 cm³/mol. The standard InChI is InChI=1S/C29H36FN3O5S/c1-20-12-25(37-5)13-21(2)28(20)39(35,36)32(4)18-26-15-24(19-38-26)29(34)31(3)16-22-8-9-23(27(30)14-22)17-33-10-6-7-11-33/h8-9,12-15,19H,6-7,10-11,16-18H2,1-5H3. The van der Waals surface area contributed by atoms with E-state index >= 15 is 0 Å². The van der Waals surface area contributed by atoms with Crippen molar-refractivity contribution in [2.24, 2.45) is 0 Å². The van der Waals surface area contributed by atoms with Gasteiger partial charge in [0, 0.05) is 32.7 Å². The molecule has 39 heavy (non-hydrogen) atoms. The first-order chi connectivity index (χ1) is 18.5. The number of ether oxygens (including phenoxy) is 1. The van der Waals surface area contributed by atoms with Gasteiger partial charge < -0.3 is 14.1 Å². The van der Waals surface area contributed by atoms with Crippen LogP contribution in [-0.2, 0) is 29.7 Å². The van der Waals surface area contributed by atoms with Crippen LogP contribution in [-0.4, -0.2) is 62.7 Å². The zero-order valence-corrected chi connectivity index (χ0v) is 24.0. The SMILES string of the molecule is COc1cc(C)c(S(=O)(=O)N(C)Cc2cc(C(=O)N(C)Cc3ccc(CN4CCCC4)c(F)c3)co2)c(C)c1. The maximum atomic E-state index is 14.7. The lowest BCUT2D eigenvalue weighted by Crippen LogP contribution is -2.28. The Morgan fingerprint density at radius 1 is 1.05 bits per heavy atom. The van der Waals surface area contributed by atoms with E-state index in [-0.39, 0.29) is 29.7 Å². The maximum Gasteiger partial charge on any atom is 0.257 e. The van der Waals surface area contributed by atoms with Crippen LogP contribution in [0.1, 0.15) is 51.2 Å². The van der Waals surface area contributed by atoms with E-state index in [2.05, 4.69) is 4.90 Å². The smallest absolute Gasteiger partial charge is 0.257 e. The molecule has 1 amide bonds. The van der Waals surface area contributed by atoms with Gasteiger partial charge in [-0.25, -0.2) is 12.8 Å². The van der Waals surface area contributed by atoms with Gasteiger partial charge in [-0.3, -0.25) is 9.69 Å². The number of hydrogen-bond donors (Lipinski definition) is 0. The molecule has 1 aliphatic rings. The van der Waals surface area contributed by atoms with Gasteiger partial charge in [0.15, 0.2) is 0 Å². The average molecular weight is 558 g/mol. The van der Waals surface area contributed by atoms with Crippen molar-refractivity contribution in [1.82, 2.24) is 14.1 Å². The van der Waals surface area contributed by atoms with Gasteiger partial charge in [0.2, 0.25) is 10.0 Å². The molecule has 0 aliphatic carbocycles. The number of hydrogen-bond acceptors (Lipinski definition) is 6. The molecule has 1 saturated heterocycles. The van der Waals surface area contributed by atoms with Crippen LogP contribution in [0.15, 0.2) is 52.0 Å². The van der Waals surface area contributed by atoms with E-state index in [9.17, 15) is 17.6 Å². The molecule has 1 fully saturated rings. The number of nitrogens with zero attached hydrogens (tertiary/aromatic N) is 3. The van der Waals surface area contributed by atoms with Gasteiger partial charge >= 0.3 is 0 Å². The van der Waals surface area contributed by atoms with Crippen LogP contribution < -0.4 is 4.74 Å². The van der Waals surface area contributed by atoms with E-state index in [1.54, 1.807) is 39.1 Å². The quantitative estimate of drug-likeness (QED) is 0.358. The summed E-state index contributed by atoms with van der Waals surface area (Å²) < 4.78 is 53.3. The van der Waals surface area contributed by atoms with Crippen LogP contribution >= 0.6 is 0 Å². The van der Waals surface area contributed by atoms with Crippen molar-refractivity contribution in [2.45, 2.75) is 51.2 Å². The third kappa shape index (κ3) is 6.51. The van der Waals surface area contributed by atoms with E-state index in [4.69, 9.17) is 9.15 Å². The van der Waals surface area contributed by atoms with Gasteiger partial charge in [0.1, 0.15) is 23.6 Å². The lowest BCUT2D eigenvalue weighted by Gasteiger charge is -2.20. The second-order valence-corrected chi connectivity index (χ2v) is 12.2. The minimum atomic E-state index is -3.82. The zero-order chi connectivity index (χ0) is 28.3. The second kappa shape index (κ2) is 11.9. The predicted octanol–water partition coefficient (Wildman–Crippen LogP) is 4.73. The highest BCUT2D eigenvalue weighted by atomic mass is 32.2. The summed E-state index contributed by atoms with van der Waals surface area (Å²) in [5, 5.41) is 0. The summed E-state index contributed by atoms with van der Waals surface area (Å²) in [5.74, 6) is 0.348. The Morgan fingerprint density at radius 2 is 1.72 bits per heavy atom. The van der Waals surface area contributed by atoms with Crippen LogP contribution in [0.25, 0.3) is 0 Å². The van der Waals surface area contributed by atoms with Crippen LogP contribution in [0.3, 0.4) is 0 Å². The lowest BCUT2D eigenvalue weighted by atomic mass is 10.1. The number of carbonyl (C=O) groups excluding carboxylic acids is 1. The molecule has 1 aliphatic heterocycles. The van der Waals surface area contributed by atoms with Gasteiger partial charge in [-0.15, -0.1) is 0 Å². The number of rotatable bonds is 10. The summed E-state index contributed by atoms with van der Waals surface area (Å²) in [6.45, 7) is 6.21. The molecular weight excluding hydrogens is 521 g/mol. The molecule has 0 bridgehead atoms. The Labute approximate surface area is 230 Å². The molecule has 0 saturated carbocycles. The summed E-state index contributed by atoms with van der Waals surface area (Å²) in [4.78, 5) is 17.0. The summed E-state index contributed by atoms with van der Waals surface area (Å²) in [7, 11) is 0.815. The molecule has 4 rings (SSSR count). The molecule has 10 heteroatoms. The minimum Gasteiger partial charge on any atom is -0.497 e. The highest BCUT2D eigenvalue weighted by Crippen LogP contribution is 2.29. The third-order valence-corrected chi connectivity index (χ3v) is 9.20. The largest absolute Gasteiger partial charge is 0.497 e. The Hall–Kier alpha value is -3.21. The summed E-state index contributed by atoms with van der Waals surface area (Å²) in [6.07, 6.45) is 3.62. The van der Waals surface area contributed by atoms with E-state index in [1.165, 1.54) is 41.8 Å². The second-order valence-electron chi connectivity index (χ2n) is 10.2. The van der Waals surface area contributed by atoms with E-state index in [0.29, 0.717) is 45.9 Å². The van der Waals surface area contributed by atoms with E-state index < -0.39 is 10.0 Å². The zero-order valence-electron chi connectivity index (χ0n) is 23.2. The third-order valence-electron chi connectivity index (χ3n) is 7.09. The topological polar surface area (TPSA) is 83.3 Å². The Balaban J connectivity index is 1.40. The first-order valence-electron chi connectivity index (χ1n) is 12.9. The Morgan fingerprint density at radius 3 is 2.33 bits per heavy atom. The number of halogens is 1. The molecule has 2 aromatic carbocycles. The molecule has 0 spiro atoms. The van der Waals surface area contributed by atoms with Crippen LogP contribution in [0, 0.1) is 19.7 Å². The van der Waals surface area contributed by atoms with Crippen molar-refractivity contribution in [3.8, 4) is 5.75 Å². The van der Waals surface area contributed by atoms with Crippen molar-refractivity contribution >= 4 is 15.9 Å². The number of benzene rings is 2. The fraction of sp³-hybridized carbons (Fsp3) is 0.414. The summed E-state index contributed by atoms with van der Waals surface area (Å²) in [5.41, 5.74) is 2.80. The summed E-state index contributed by atoms with van der Waals surface area (Å²) >= 11 is 0. The van der Waals surface area contributed by atoms with Crippen LogP contribution in [0.2, 0.25) is 0 Å². The normalized spacial score (nSPS) is 14.2. The number of likely N-dealkylation sites (tertiary alicyclic amines) is 1. The first kappa shape index (κ1) is 28.8. The maximum absolute atomic E-state index is 14.7. The molecular formula is C29H36FN3O5S. The van der Waals surface area contributed by atoms with Crippen LogP contribution in [0.5, 0.6) is 5.75 Å². The van der Waals surface area contributed by atoms with E-state index in [1.807, 2.05) is 6.07 Å². The van der Waals surface area contributed by atoms with Gasteiger partial charge in [0.05, 0.1) is 24.1 Å². The molecule has 210 valence electrons. The highest BCUT2D eigenvalue weighted by Gasteiger charge is 2.27. The fourth-order valence-electron chi connectivity index (χ4n) is 5.04. The molecule has 2 heterocycles. The number of sulfonamides is 1. The average Bonchev–Trinajstić information content (AvgIpc) is 3.57. The number of aryl methyl sites for hydroxylation is 2. The lowest BCUT2D eigenvalue weighted by molar-refractivity contribution is 0.0784. The van der Waals surface area contributed by atoms with Gasteiger partial charge in [-0.1, -0.05) is 12.1 Å². The van der Waals surface area contributed by atoms with Crippen molar-refractivity contribution in [2.75, 3.05) is 34.3 Å². The van der Waals surface area contributed by atoms with Gasteiger partial charge in [-0.05, 0) is 80.7 Å². The van der Waals surface area contributed by atoms with Crippen molar-refractivity contribution in [1.29, 1.82) is 0 Å². The van der Waals surface area contributed by atoms with Crippen molar-refractivity contribution < 1.29 is 26.8 Å². The van der Waals surface area contributed by atoms with Gasteiger partial charge in [0.25, 0.3) is 5.91 Å². The minimum absolute atomic E-state index is 0.0477. The Kier molecular flexibility index (Phi) is 8.78. The Bertz CT molecular complexity index is 1420. The highest BCUT2D eigenvalue weighted by molar-refractivity contribution is 7.89. The fourth-order valence-corrected chi connectivity index (χ4v) is 6.58. The number of amides is 1. The molecule has 0 radical (unpaired) electrons. The van der Waals surface area contributed by atoms with Crippen LogP contribution in [0.4, 0.5) is 4.39 Å².